The average Bonchev–Trinajstić information content (AvgIpc) is 2.12. The Kier molecular flexibility index (Phi) is 5.53. The predicted molar refractivity (Wildman–Crippen MR) is 74.6 cm³/mol. The molecule has 0 amide bonds. The van der Waals surface area contributed by atoms with Crippen molar-refractivity contribution in [2.75, 3.05) is 17.3 Å². The van der Waals surface area contributed by atoms with Crippen molar-refractivity contribution in [2.24, 2.45) is 0 Å². The minimum atomic E-state index is -0.838. The number of ether oxygens (including phenoxy) is 1. The lowest BCUT2D eigenvalue weighted by Gasteiger charge is -2.14. The van der Waals surface area contributed by atoms with Gasteiger partial charge in [0.2, 0.25) is 11.8 Å². The van der Waals surface area contributed by atoms with E-state index in [1.54, 1.807) is 12.3 Å². The minimum Gasteiger partial charge on any atom is -0.475 e. The number of hydrogen-bond acceptors (Lipinski definition) is 5. The zero-order valence-corrected chi connectivity index (χ0v) is 12.4. The Morgan fingerprint density at radius 2 is 2.06 bits per heavy atom. The molecular formula is C12H21N3O2S. The zero-order valence-electron chi connectivity index (χ0n) is 11.6. The lowest BCUT2D eigenvalue weighted by atomic mass is 10.4. The van der Waals surface area contributed by atoms with Crippen molar-refractivity contribution >= 4 is 16.7 Å². The van der Waals surface area contributed by atoms with Gasteiger partial charge < -0.3 is 10.1 Å². The van der Waals surface area contributed by atoms with E-state index in [9.17, 15) is 4.21 Å². The van der Waals surface area contributed by atoms with E-state index in [4.69, 9.17) is 4.74 Å². The zero-order chi connectivity index (χ0) is 13.7. The monoisotopic (exact) mass is 271 g/mol. The lowest BCUT2D eigenvalue weighted by Crippen LogP contribution is -2.24. The normalized spacial score (nSPS) is 14.3. The number of hydrogen-bond donors (Lipinski definition) is 1. The van der Waals surface area contributed by atoms with Crippen molar-refractivity contribution < 1.29 is 8.95 Å². The molecule has 0 aromatic carbocycles. The quantitative estimate of drug-likeness (QED) is 0.854. The molecule has 0 aliphatic carbocycles. The van der Waals surface area contributed by atoms with E-state index < -0.39 is 10.8 Å². The van der Waals surface area contributed by atoms with Crippen molar-refractivity contribution in [1.82, 2.24) is 9.97 Å². The second kappa shape index (κ2) is 6.68. The summed E-state index contributed by atoms with van der Waals surface area (Å²) in [5.41, 5.74) is 0.841. The molecule has 0 fully saturated rings. The van der Waals surface area contributed by atoms with Crippen LogP contribution in [0.2, 0.25) is 0 Å². The maximum Gasteiger partial charge on any atom is 0.226 e. The highest BCUT2D eigenvalue weighted by Crippen LogP contribution is 2.14. The molecule has 0 aliphatic rings. The molecule has 0 spiro atoms. The molecule has 6 heteroatoms. The molecule has 1 rings (SSSR count). The van der Waals surface area contributed by atoms with E-state index in [2.05, 4.69) is 15.3 Å². The number of rotatable bonds is 6. The molecule has 5 nitrogen and oxygen atoms in total. The van der Waals surface area contributed by atoms with E-state index in [1.165, 1.54) is 0 Å². The fourth-order valence-corrected chi connectivity index (χ4v) is 2.31. The van der Waals surface area contributed by atoms with E-state index in [1.807, 2.05) is 27.7 Å². The van der Waals surface area contributed by atoms with Crippen LogP contribution in [0.25, 0.3) is 0 Å². The smallest absolute Gasteiger partial charge is 0.226 e. The molecule has 1 N–H and O–H groups in total. The summed E-state index contributed by atoms with van der Waals surface area (Å²) in [5, 5.41) is 3.13. The van der Waals surface area contributed by atoms with Crippen LogP contribution in [0, 0.1) is 6.92 Å². The van der Waals surface area contributed by atoms with E-state index in [0.717, 1.165) is 5.69 Å². The number of aromatic nitrogens is 2. The summed E-state index contributed by atoms with van der Waals surface area (Å²) in [6.45, 7) is 7.75. The Morgan fingerprint density at radius 1 is 1.39 bits per heavy atom. The highest BCUT2D eigenvalue weighted by atomic mass is 32.2. The summed E-state index contributed by atoms with van der Waals surface area (Å²) in [6, 6.07) is 1.86. The molecule has 1 aromatic heterocycles. The van der Waals surface area contributed by atoms with Gasteiger partial charge in [0.1, 0.15) is 0 Å². The van der Waals surface area contributed by atoms with Gasteiger partial charge in [-0.05, 0) is 27.7 Å². The Morgan fingerprint density at radius 3 is 2.61 bits per heavy atom. The van der Waals surface area contributed by atoms with Crippen LogP contribution in [0.5, 0.6) is 5.88 Å². The number of nitrogens with one attached hydrogen (secondary N) is 1. The van der Waals surface area contributed by atoms with Gasteiger partial charge in [-0.3, -0.25) is 4.21 Å². The molecule has 0 saturated heterocycles. The maximum absolute atomic E-state index is 11.1. The van der Waals surface area contributed by atoms with Gasteiger partial charge in [0.15, 0.2) is 0 Å². The van der Waals surface area contributed by atoms with Gasteiger partial charge in [-0.15, -0.1) is 0 Å². The van der Waals surface area contributed by atoms with Gasteiger partial charge in [0.25, 0.3) is 0 Å². The first-order valence-corrected chi connectivity index (χ1v) is 7.68. The predicted octanol–water partition coefficient (Wildman–Crippen LogP) is 1.75. The summed E-state index contributed by atoms with van der Waals surface area (Å²) in [4.78, 5) is 8.56. The van der Waals surface area contributed by atoms with Crippen LogP contribution in [0.4, 0.5) is 5.95 Å². The highest BCUT2D eigenvalue weighted by molar-refractivity contribution is 7.84. The van der Waals surface area contributed by atoms with Crippen molar-refractivity contribution in [3.05, 3.63) is 11.8 Å². The van der Waals surface area contributed by atoms with E-state index in [-0.39, 0.29) is 12.1 Å². The van der Waals surface area contributed by atoms with Gasteiger partial charge in [0, 0.05) is 40.6 Å². The molecule has 2 unspecified atom stereocenters. The van der Waals surface area contributed by atoms with Gasteiger partial charge in [0.05, 0.1) is 6.10 Å². The van der Waals surface area contributed by atoms with Crippen molar-refractivity contribution in [1.29, 1.82) is 0 Å². The summed E-state index contributed by atoms with van der Waals surface area (Å²) in [6.07, 6.45) is 1.76. The van der Waals surface area contributed by atoms with Crippen LogP contribution in [0.15, 0.2) is 6.07 Å². The third-order valence-corrected chi connectivity index (χ3v) is 3.02. The van der Waals surface area contributed by atoms with Crippen molar-refractivity contribution in [2.45, 2.75) is 39.8 Å². The van der Waals surface area contributed by atoms with Gasteiger partial charge in [-0.2, -0.15) is 4.98 Å². The van der Waals surface area contributed by atoms with Gasteiger partial charge in [-0.1, -0.05) is 0 Å². The first kappa shape index (κ1) is 14.9. The van der Waals surface area contributed by atoms with E-state index >= 15 is 0 Å². The highest BCUT2D eigenvalue weighted by Gasteiger charge is 2.09. The van der Waals surface area contributed by atoms with Crippen LogP contribution in [0.1, 0.15) is 26.5 Å². The van der Waals surface area contributed by atoms with Crippen LogP contribution in [-0.2, 0) is 10.8 Å². The number of anilines is 1. The standard InChI is InChI=1S/C12H21N3O2S/c1-8(2)17-11-6-9(3)13-12(15-11)14-10(4)7-18(5)16/h6,8,10H,7H2,1-5H3,(H,13,14,15). The first-order chi connectivity index (χ1) is 8.36. The Balaban J connectivity index is 2.76. The summed E-state index contributed by atoms with van der Waals surface area (Å²) < 4.78 is 16.7. The van der Waals surface area contributed by atoms with Crippen molar-refractivity contribution in [3.8, 4) is 5.88 Å². The summed E-state index contributed by atoms with van der Waals surface area (Å²) in [5.74, 6) is 1.64. The Labute approximate surface area is 111 Å². The van der Waals surface area contributed by atoms with Crippen molar-refractivity contribution in [3.63, 3.8) is 0 Å². The molecule has 2 atom stereocenters. The molecule has 102 valence electrons. The molecule has 0 radical (unpaired) electrons. The first-order valence-electron chi connectivity index (χ1n) is 5.95. The lowest BCUT2D eigenvalue weighted by molar-refractivity contribution is 0.232. The van der Waals surface area contributed by atoms with Crippen LogP contribution >= 0.6 is 0 Å². The Bertz CT molecular complexity index is 424. The second-order valence-corrected chi connectivity index (χ2v) is 6.10. The third kappa shape index (κ3) is 5.44. The van der Waals surface area contributed by atoms with Gasteiger partial charge in [-0.25, -0.2) is 4.98 Å². The molecule has 18 heavy (non-hydrogen) atoms. The van der Waals surface area contributed by atoms with E-state index in [0.29, 0.717) is 17.6 Å². The molecular weight excluding hydrogens is 250 g/mol. The molecule has 1 aromatic rings. The van der Waals surface area contributed by atoms with Crippen LogP contribution in [-0.4, -0.2) is 38.3 Å². The summed E-state index contributed by atoms with van der Waals surface area (Å²) in [7, 11) is -0.838. The largest absolute Gasteiger partial charge is 0.475 e. The molecule has 0 saturated carbocycles. The fraction of sp³-hybridized carbons (Fsp3) is 0.667. The van der Waals surface area contributed by atoms with Crippen LogP contribution < -0.4 is 10.1 Å². The molecule has 0 aliphatic heterocycles. The molecule has 1 heterocycles. The average molecular weight is 271 g/mol. The topological polar surface area (TPSA) is 64.1 Å². The fourth-order valence-electron chi connectivity index (χ4n) is 1.52. The minimum absolute atomic E-state index is 0.0598. The molecule has 0 bridgehead atoms. The maximum atomic E-state index is 11.1. The number of aryl methyl sites for hydroxylation is 1. The van der Waals surface area contributed by atoms with Gasteiger partial charge >= 0.3 is 0 Å². The van der Waals surface area contributed by atoms with Crippen LogP contribution in [0.3, 0.4) is 0 Å². The second-order valence-electron chi connectivity index (χ2n) is 4.62. The SMILES string of the molecule is Cc1cc(OC(C)C)nc(NC(C)CS(C)=O)n1. The summed E-state index contributed by atoms with van der Waals surface area (Å²) >= 11 is 0. The number of nitrogens with zero attached hydrogens (tertiary/aromatic N) is 2. The Hall–Kier alpha value is -1.17. The third-order valence-electron chi connectivity index (χ3n) is 2.05.